The summed E-state index contributed by atoms with van der Waals surface area (Å²) in [5.74, 6) is 0.361. The first-order chi connectivity index (χ1) is 14.4. The molecular weight excluding hydrogens is 445 g/mol. The molecule has 0 aliphatic heterocycles. The molecule has 0 atom stereocenters. The summed E-state index contributed by atoms with van der Waals surface area (Å²) in [6.45, 7) is 0. The van der Waals surface area contributed by atoms with E-state index < -0.39 is 0 Å². The van der Waals surface area contributed by atoms with E-state index in [1.807, 2.05) is 6.07 Å². The fourth-order valence-electron chi connectivity index (χ4n) is 2.62. The molecule has 30 heavy (non-hydrogen) atoms. The van der Waals surface area contributed by atoms with Gasteiger partial charge in [-0.1, -0.05) is 23.2 Å². The fraction of sp³-hybridized carbons (Fsp3) is 0.100. The molecule has 150 valence electrons. The van der Waals surface area contributed by atoms with E-state index in [0.717, 1.165) is 0 Å². The van der Waals surface area contributed by atoms with Crippen LogP contribution in [0.3, 0.4) is 0 Å². The van der Waals surface area contributed by atoms with Crippen molar-refractivity contribution >= 4 is 52.4 Å². The number of benzene rings is 1. The third kappa shape index (κ3) is 4.69. The van der Waals surface area contributed by atoms with Crippen LogP contribution in [-0.2, 0) is 4.79 Å². The number of hydrogen-bond donors (Lipinski definition) is 2. The second-order valence-corrected chi connectivity index (χ2v) is 7.83. The van der Waals surface area contributed by atoms with Crippen LogP contribution in [0.25, 0.3) is 11.3 Å². The zero-order chi connectivity index (χ0) is 21.7. The third-order valence-electron chi connectivity index (χ3n) is 3.95. The number of hydrogen-bond acceptors (Lipinski definition) is 7. The van der Waals surface area contributed by atoms with Gasteiger partial charge in [-0.25, -0.2) is 4.98 Å². The number of halogens is 2. The Labute approximate surface area is 186 Å². The summed E-state index contributed by atoms with van der Waals surface area (Å²) < 4.78 is 5.36. The summed E-state index contributed by atoms with van der Waals surface area (Å²) in [5.41, 5.74) is 6.86. The first-order valence-corrected chi connectivity index (χ1v) is 10.2. The molecule has 0 saturated carbocycles. The lowest BCUT2D eigenvalue weighted by Gasteiger charge is -2.11. The molecule has 1 aromatic carbocycles. The van der Waals surface area contributed by atoms with Gasteiger partial charge in [-0.2, -0.15) is 10.5 Å². The number of carbonyl (C=O) groups excluding carboxylic acids is 1. The van der Waals surface area contributed by atoms with Crippen molar-refractivity contribution in [2.24, 2.45) is 0 Å². The van der Waals surface area contributed by atoms with E-state index in [9.17, 15) is 15.3 Å². The van der Waals surface area contributed by atoms with Crippen LogP contribution in [0.5, 0.6) is 0 Å². The van der Waals surface area contributed by atoms with Gasteiger partial charge in [-0.05, 0) is 30.3 Å². The highest BCUT2D eigenvalue weighted by Gasteiger charge is 2.22. The Morgan fingerprint density at radius 1 is 1.23 bits per heavy atom. The van der Waals surface area contributed by atoms with E-state index in [-0.39, 0.29) is 34.8 Å². The molecule has 2 heterocycles. The van der Waals surface area contributed by atoms with E-state index in [4.69, 9.17) is 33.4 Å². The lowest BCUT2D eigenvalue weighted by Crippen LogP contribution is -2.12. The summed E-state index contributed by atoms with van der Waals surface area (Å²) in [6.07, 6.45) is 1.56. The van der Waals surface area contributed by atoms with Crippen molar-refractivity contribution in [3.05, 3.63) is 57.8 Å². The number of rotatable bonds is 6. The van der Waals surface area contributed by atoms with Gasteiger partial charge in [0.25, 0.3) is 0 Å². The van der Waals surface area contributed by atoms with Gasteiger partial charge < -0.3 is 15.5 Å². The molecule has 3 rings (SSSR count). The number of nitrogens with one attached hydrogen (secondary N) is 1. The van der Waals surface area contributed by atoms with E-state index >= 15 is 0 Å². The van der Waals surface area contributed by atoms with Gasteiger partial charge in [0.1, 0.15) is 34.3 Å². The Morgan fingerprint density at radius 2 is 2.00 bits per heavy atom. The van der Waals surface area contributed by atoms with Crippen molar-refractivity contribution in [1.29, 1.82) is 10.5 Å². The van der Waals surface area contributed by atoms with Gasteiger partial charge in [-0.15, -0.1) is 11.8 Å². The number of nitriles is 2. The molecule has 2 aromatic heterocycles. The van der Waals surface area contributed by atoms with Crippen LogP contribution in [-0.4, -0.2) is 16.6 Å². The minimum absolute atomic E-state index is 0.0134. The number of nitrogens with zero attached hydrogens (tertiary/aromatic N) is 3. The van der Waals surface area contributed by atoms with E-state index in [2.05, 4.69) is 16.4 Å². The summed E-state index contributed by atoms with van der Waals surface area (Å²) in [6, 6.07) is 12.1. The lowest BCUT2D eigenvalue weighted by atomic mass is 10.0. The van der Waals surface area contributed by atoms with Crippen molar-refractivity contribution in [2.75, 3.05) is 16.8 Å². The standard InChI is InChI=1S/C20H13Cl2N5O2S/c21-11-3-4-14(22)15(8-11)26-17(28)5-7-30-20-13(10-24)18(16-2-1-6-29-16)12(9-23)19(25)27-20/h1-4,6,8H,5,7H2,(H2,25,27)(H,26,28). The number of amides is 1. The van der Waals surface area contributed by atoms with E-state index in [0.29, 0.717) is 32.3 Å². The second kappa shape index (κ2) is 9.55. The van der Waals surface area contributed by atoms with Gasteiger partial charge in [0, 0.05) is 17.2 Å². The molecule has 0 saturated heterocycles. The molecule has 1 amide bonds. The SMILES string of the molecule is N#Cc1c(N)nc(SCCC(=O)Nc2cc(Cl)ccc2Cl)c(C#N)c1-c1ccco1. The number of pyridine rings is 1. The first-order valence-electron chi connectivity index (χ1n) is 8.49. The van der Waals surface area contributed by atoms with Crippen molar-refractivity contribution < 1.29 is 9.21 Å². The first kappa shape index (κ1) is 21.5. The Bertz CT molecular complexity index is 1180. The molecule has 0 unspecified atom stereocenters. The molecule has 3 aromatic rings. The van der Waals surface area contributed by atoms with Crippen LogP contribution in [0.15, 0.2) is 46.0 Å². The highest BCUT2D eigenvalue weighted by molar-refractivity contribution is 7.99. The topological polar surface area (TPSA) is 129 Å². The molecule has 0 fully saturated rings. The second-order valence-electron chi connectivity index (χ2n) is 5.90. The van der Waals surface area contributed by atoms with Crippen molar-refractivity contribution in [1.82, 2.24) is 4.98 Å². The van der Waals surface area contributed by atoms with Gasteiger partial charge in [0.15, 0.2) is 0 Å². The molecular formula is C20H13Cl2N5O2S. The molecule has 0 radical (unpaired) electrons. The van der Waals surface area contributed by atoms with Gasteiger partial charge in [-0.3, -0.25) is 4.79 Å². The lowest BCUT2D eigenvalue weighted by molar-refractivity contribution is -0.115. The quantitative estimate of drug-likeness (QED) is 0.492. The largest absolute Gasteiger partial charge is 0.464 e. The monoisotopic (exact) mass is 457 g/mol. The zero-order valence-corrected chi connectivity index (χ0v) is 17.6. The van der Waals surface area contributed by atoms with Crippen LogP contribution in [0.1, 0.15) is 17.5 Å². The highest BCUT2D eigenvalue weighted by Crippen LogP contribution is 2.36. The number of nitrogen functional groups attached to an aromatic ring is 1. The Morgan fingerprint density at radius 3 is 2.67 bits per heavy atom. The van der Waals surface area contributed by atoms with Crippen LogP contribution < -0.4 is 11.1 Å². The predicted molar refractivity (Wildman–Crippen MR) is 116 cm³/mol. The summed E-state index contributed by atoms with van der Waals surface area (Å²) in [4.78, 5) is 16.4. The minimum atomic E-state index is -0.280. The molecule has 0 bridgehead atoms. The third-order valence-corrected chi connectivity index (χ3v) is 5.50. The normalized spacial score (nSPS) is 10.3. The van der Waals surface area contributed by atoms with Crippen LogP contribution in [0.4, 0.5) is 11.5 Å². The summed E-state index contributed by atoms with van der Waals surface area (Å²) >= 11 is 13.1. The molecule has 7 nitrogen and oxygen atoms in total. The number of thioether (sulfide) groups is 1. The molecule has 0 aliphatic rings. The average molecular weight is 458 g/mol. The molecule has 3 N–H and O–H groups in total. The minimum Gasteiger partial charge on any atom is -0.464 e. The Balaban J connectivity index is 1.77. The van der Waals surface area contributed by atoms with Crippen molar-refractivity contribution in [3.8, 4) is 23.5 Å². The summed E-state index contributed by atoms with van der Waals surface area (Å²) in [5, 5.41) is 22.9. The smallest absolute Gasteiger partial charge is 0.225 e. The number of nitrogens with two attached hydrogens (primary N) is 1. The van der Waals surface area contributed by atoms with Crippen LogP contribution >= 0.6 is 35.0 Å². The van der Waals surface area contributed by atoms with Crippen LogP contribution in [0, 0.1) is 22.7 Å². The zero-order valence-electron chi connectivity index (χ0n) is 15.3. The number of furan rings is 1. The maximum atomic E-state index is 12.2. The highest BCUT2D eigenvalue weighted by atomic mass is 35.5. The van der Waals surface area contributed by atoms with Gasteiger partial charge in [0.05, 0.1) is 28.1 Å². The Kier molecular flexibility index (Phi) is 6.86. The van der Waals surface area contributed by atoms with E-state index in [1.165, 1.54) is 18.0 Å². The summed E-state index contributed by atoms with van der Waals surface area (Å²) in [7, 11) is 0. The average Bonchev–Trinajstić information content (AvgIpc) is 3.24. The van der Waals surface area contributed by atoms with E-state index in [1.54, 1.807) is 30.3 Å². The molecule has 0 spiro atoms. The van der Waals surface area contributed by atoms with Gasteiger partial charge in [0.2, 0.25) is 5.91 Å². The molecule has 0 aliphatic carbocycles. The predicted octanol–water partition coefficient (Wildman–Crippen LogP) is 5.09. The number of carbonyl (C=O) groups is 1. The van der Waals surface area contributed by atoms with Crippen LogP contribution in [0.2, 0.25) is 10.0 Å². The maximum Gasteiger partial charge on any atom is 0.225 e. The molecule has 10 heteroatoms. The number of aromatic nitrogens is 1. The van der Waals surface area contributed by atoms with Crippen molar-refractivity contribution in [3.63, 3.8) is 0 Å². The number of anilines is 2. The maximum absolute atomic E-state index is 12.2. The van der Waals surface area contributed by atoms with Gasteiger partial charge >= 0.3 is 0 Å². The Hall–Kier alpha value is -3.17. The van der Waals surface area contributed by atoms with Crippen molar-refractivity contribution in [2.45, 2.75) is 11.4 Å². The fourth-order valence-corrected chi connectivity index (χ4v) is 3.89.